The summed E-state index contributed by atoms with van der Waals surface area (Å²) in [5.74, 6) is 5.17. The molecule has 3 N–H and O–H groups in total. The van der Waals surface area contributed by atoms with E-state index < -0.39 is 0 Å². The van der Waals surface area contributed by atoms with Crippen molar-refractivity contribution in [3.05, 3.63) is 35.6 Å². The van der Waals surface area contributed by atoms with Crippen LogP contribution in [0.3, 0.4) is 0 Å². The smallest absolute Gasteiger partial charge is 0.128 e. The van der Waals surface area contributed by atoms with E-state index in [0.717, 1.165) is 12.8 Å². The lowest BCUT2D eigenvalue weighted by Gasteiger charge is -2.16. The van der Waals surface area contributed by atoms with E-state index in [-0.39, 0.29) is 11.9 Å². The molecule has 1 aromatic carbocycles. The van der Waals surface area contributed by atoms with Gasteiger partial charge in [0.05, 0.1) is 0 Å². The Balaban J connectivity index is 2.61. The molecule has 4 heteroatoms. The Morgan fingerprint density at radius 2 is 2.20 bits per heavy atom. The number of methoxy groups -OCH3 is 1. The van der Waals surface area contributed by atoms with Gasteiger partial charge in [-0.15, -0.1) is 0 Å². The van der Waals surface area contributed by atoms with Crippen LogP contribution in [0.2, 0.25) is 0 Å². The Labute approximate surface area is 89.4 Å². The minimum Gasteiger partial charge on any atom is -0.385 e. The van der Waals surface area contributed by atoms with Crippen molar-refractivity contribution in [3.63, 3.8) is 0 Å². The van der Waals surface area contributed by atoms with Crippen LogP contribution in [0.15, 0.2) is 24.3 Å². The lowest BCUT2D eigenvalue weighted by molar-refractivity contribution is 0.188. The molecule has 1 unspecified atom stereocenters. The Morgan fingerprint density at radius 1 is 1.47 bits per heavy atom. The zero-order chi connectivity index (χ0) is 11.1. The minimum absolute atomic E-state index is 0.152. The van der Waals surface area contributed by atoms with Crippen molar-refractivity contribution in [3.8, 4) is 0 Å². The van der Waals surface area contributed by atoms with Gasteiger partial charge in [-0.2, -0.15) is 0 Å². The first-order valence-corrected chi connectivity index (χ1v) is 4.99. The maximum atomic E-state index is 13.4. The van der Waals surface area contributed by atoms with E-state index in [1.807, 2.05) is 0 Å². The third-order valence-electron chi connectivity index (χ3n) is 2.32. The summed E-state index contributed by atoms with van der Waals surface area (Å²) in [6.45, 7) is 0.659. The van der Waals surface area contributed by atoms with Gasteiger partial charge in [-0.05, 0) is 18.9 Å². The number of nitrogens with one attached hydrogen (secondary N) is 1. The van der Waals surface area contributed by atoms with Gasteiger partial charge in [-0.25, -0.2) is 4.39 Å². The second-order valence-electron chi connectivity index (χ2n) is 3.38. The maximum Gasteiger partial charge on any atom is 0.128 e. The van der Waals surface area contributed by atoms with Crippen molar-refractivity contribution in [2.45, 2.75) is 18.9 Å². The predicted molar refractivity (Wildman–Crippen MR) is 57.6 cm³/mol. The van der Waals surface area contributed by atoms with Gasteiger partial charge in [0, 0.05) is 25.3 Å². The first-order chi connectivity index (χ1) is 7.29. The number of halogens is 1. The summed E-state index contributed by atoms with van der Waals surface area (Å²) in [6, 6.07) is 6.50. The molecule has 3 nitrogen and oxygen atoms in total. The summed E-state index contributed by atoms with van der Waals surface area (Å²) in [4.78, 5) is 0. The summed E-state index contributed by atoms with van der Waals surface area (Å²) in [6.07, 6.45) is 1.60. The Morgan fingerprint density at radius 3 is 2.80 bits per heavy atom. The molecule has 1 atom stereocenters. The quantitative estimate of drug-likeness (QED) is 0.429. The molecule has 0 saturated heterocycles. The number of nitrogens with two attached hydrogens (primary N) is 1. The van der Waals surface area contributed by atoms with Crippen molar-refractivity contribution in [2.24, 2.45) is 5.84 Å². The highest BCUT2D eigenvalue weighted by molar-refractivity contribution is 5.20. The largest absolute Gasteiger partial charge is 0.385 e. The van der Waals surface area contributed by atoms with Crippen LogP contribution in [-0.2, 0) is 4.74 Å². The fourth-order valence-electron chi connectivity index (χ4n) is 1.52. The maximum absolute atomic E-state index is 13.4. The molecule has 0 fully saturated rings. The molecule has 0 bridgehead atoms. The van der Waals surface area contributed by atoms with Crippen molar-refractivity contribution in [1.29, 1.82) is 0 Å². The molecular formula is C11H17FN2O. The van der Waals surface area contributed by atoms with Gasteiger partial charge < -0.3 is 4.74 Å². The van der Waals surface area contributed by atoms with Crippen molar-refractivity contribution in [1.82, 2.24) is 5.43 Å². The number of hydrazine groups is 1. The van der Waals surface area contributed by atoms with Crippen molar-refractivity contribution >= 4 is 0 Å². The van der Waals surface area contributed by atoms with Crippen LogP contribution in [0.5, 0.6) is 0 Å². The fourth-order valence-corrected chi connectivity index (χ4v) is 1.52. The van der Waals surface area contributed by atoms with Gasteiger partial charge in [-0.3, -0.25) is 11.3 Å². The third-order valence-corrected chi connectivity index (χ3v) is 2.32. The number of rotatable bonds is 6. The predicted octanol–water partition coefficient (Wildman–Crippen LogP) is 1.76. The molecule has 0 aliphatic heterocycles. The molecule has 0 saturated carbocycles. The van der Waals surface area contributed by atoms with Crippen LogP contribution in [0.4, 0.5) is 4.39 Å². The molecule has 1 aromatic rings. The zero-order valence-corrected chi connectivity index (χ0v) is 8.87. The average Bonchev–Trinajstić information content (AvgIpc) is 2.26. The summed E-state index contributed by atoms with van der Waals surface area (Å²) < 4.78 is 18.3. The average molecular weight is 212 g/mol. The van der Waals surface area contributed by atoms with E-state index in [1.165, 1.54) is 6.07 Å². The van der Waals surface area contributed by atoms with Crippen LogP contribution in [0, 0.1) is 5.82 Å². The molecule has 15 heavy (non-hydrogen) atoms. The Bertz CT molecular complexity index is 294. The van der Waals surface area contributed by atoms with Gasteiger partial charge in [0.2, 0.25) is 0 Å². The molecule has 1 rings (SSSR count). The first kappa shape index (κ1) is 12.1. The standard InChI is InChI=1S/C11H17FN2O/c1-15-8-4-7-11(14-13)9-5-2-3-6-10(9)12/h2-3,5-6,11,14H,4,7-8,13H2,1H3. The SMILES string of the molecule is COCCCC(NN)c1ccccc1F. The second kappa shape index (κ2) is 6.50. The second-order valence-corrected chi connectivity index (χ2v) is 3.38. The Kier molecular flexibility index (Phi) is 5.25. The van der Waals surface area contributed by atoms with Crippen molar-refractivity contribution < 1.29 is 9.13 Å². The van der Waals surface area contributed by atoms with Gasteiger partial charge in [0.15, 0.2) is 0 Å². The van der Waals surface area contributed by atoms with E-state index in [4.69, 9.17) is 10.6 Å². The number of ether oxygens (including phenoxy) is 1. The summed E-state index contributed by atoms with van der Waals surface area (Å²) >= 11 is 0. The van der Waals surface area contributed by atoms with Crippen LogP contribution in [-0.4, -0.2) is 13.7 Å². The van der Waals surface area contributed by atoms with Crippen LogP contribution in [0.25, 0.3) is 0 Å². The molecule has 0 radical (unpaired) electrons. The van der Waals surface area contributed by atoms with Crippen LogP contribution < -0.4 is 11.3 Å². The molecule has 0 amide bonds. The van der Waals surface area contributed by atoms with Gasteiger partial charge in [0.1, 0.15) is 5.82 Å². The highest BCUT2D eigenvalue weighted by atomic mass is 19.1. The van der Waals surface area contributed by atoms with E-state index in [2.05, 4.69) is 5.43 Å². The van der Waals surface area contributed by atoms with Crippen molar-refractivity contribution in [2.75, 3.05) is 13.7 Å². The molecular weight excluding hydrogens is 195 g/mol. The number of benzene rings is 1. The summed E-state index contributed by atoms with van der Waals surface area (Å²) in [7, 11) is 1.65. The van der Waals surface area contributed by atoms with Crippen LogP contribution >= 0.6 is 0 Å². The zero-order valence-electron chi connectivity index (χ0n) is 8.87. The van der Waals surface area contributed by atoms with Crippen LogP contribution in [0.1, 0.15) is 24.4 Å². The molecule has 84 valence electrons. The Hall–Kier alpha value is -0.970. The van der Waals surface area contributed by atoms with E-state index in [0.29, 0.717) is 12.2 Å². The van der Waals surface area contributed by atoms with Gasteiger partial charge in [-0.1, -0.05) is 18.2 Å². The first-order valence-electron chi connectivity index (χ1n) is 4.99. The summed E-state index contributed by atoms with van der Waals surface area (Å²) in [5, 5.41) is 0. The number of hydrogen-bond donors (Lipinski definition) is 2. The highest BCUT2D eigenvalue weighted by Crippen LogP contribution is 2.20. The van der Waals surface area contributed by atoms with E-state index >= 15 is 0 Å². The van der Waals surface area contributed by atoms with Gasteiger partial charge >= 0.3 is 0 Å². The number of hydrogen-bond acceptors (Lipinski definition) is 3. The minimum atomic E-state index is -0.224. The normalized spacial score (nSPS) is 12.7. The highest BCUT2D eigenvalue weighted by Gasteiger charge is 2.12. The third kappa shape index (κ3) is 3.58. The monoisotopic (exact) mass is 212 g/mol. The van der Waals surface area contributed by atoms with Gasteiger partial charge in [0.25, 0.3) is 0 Å². The topological polar surface area (TPSA) is 47.3 Å². The summed E-state index contributed by atoms with van der Waals surface area (Å²) in [5.41, 5.74) is 3.23. The lowest BCUT2D eigenvalue weighted by Crippen LogP contribution is -2.28. The molecule has 0 aliphatic rings. The molecule has 0 aromatic heterocycles. The fraction of sp³-hybridized carbons (Fsp3) is 0.455. The molecule has 0 spiro atoms. The van der Waals surface area contributed by atoms with E-state index in [1.54, 1.807) is 25.3 Å². The lowest BCUT2D eigenvalue weighted by atomic mass is 10.0. The molecule has 0 aliphatic carbocycles. The molecule has 0 heterocycles. The van der Waals surface area contributed by atoms with E-state index in [9.17, 15) is 4.39 Å².